The molecule has 78 valence electrons. The van der Waals surface area contributed by atoms with Crippen LogP contribution in [0.1, 0.15) is 0 Å². The molecule has 0 aromatic heterocycles. The van der Waals surface area contributed by atoms with Gasteiger partial charge in [-0.1, -0.05) is 0 Å². The molecule has 4 N–H and O–H groups in total. The molecule has 4 nitrogen and oxygen atoms in total. The first kappa shape index (κ1) is 29.3. The van der Waals surface area contributed by atoms with E-state index in [0.29, 0.717) is 0 Å². The van der Waals surface area contributed by atoms with Gasteiger partial charge in [-0.15, -0.1) is 0 Å². The van der Waals surface area contributed by atoms with Crippen LogP contribution in [0.4, 0.5) is 0 Å². The first-order chi connectivity index (χ1) is 5.00. The van der Waals surface area contributed by atoms with Crippen molar-refractivity contribution in [2.45, 2.75) is 19.6 Å². The fourth-order valence-electron chi connectivity index (χ4n) is 0. The van der Waals surface area contributed by atoms with Crippen LogP contribution in [0.2, 0.25) is 19.6 Å². The number of rotatable bonds is 0. The van der Waals surface area contributed by atoms with E-state index in [2.05, 4.69) is 0 Å². The summed E-state index contributed by atoms with van der Waals surface area (Å²) >= 11 is 0. The number of aliphatic hydroxyl groups excluding tert-OH is 3. The zero-order valence-corrected chi connectivity index (χ0v) is 12.2. The molecule has 0 saturated carbocycles. The Morgan fingerprint density at radius 3 is 0.667 bits per heavy atom. The van der Waals surface area contributed by atoms with Crippen molar-refractivity contribution in [1.29, 1.82) is 0 Å². The molecule has 0 amide bonds. The first-order valence-electron chi connectivity index (χ1n) is 3.07. The molecular formula is C6H22O4SiZr. The average Bonchev–Trinajstić information content (AvgIpc) is 1.96. The van der Waals surface area contributed by atoms with Crippen molar-refractivity contribution in [3.8, 4) is 0 Å². The van der Waals surface area contributed by atoms with E-state index in [9.17, 15) is 0 Å². The predicted octanol–water partition coefficient (Wildman–Crippen LogP) is -0.363. The van der Waals surface area contributed by atoms with Gasteiger partial charge in [0.1, 0.15) is 0 Å². The molecule has 0 radical (unpaired) electrons. The molecule has 0 aromatic rings. The second-order valence-electron chi connectivity index (χ2n) is 2.17. The second kappa shape index (κ2) is 29.7. The van der Waals surface area contributed by atoms with E-state index in [1.807, 2.05) is 19.6 Å². The van der Waals surface area contributed by atoms with E-state index < -0.39 is 8.32 Å². The minimum absolute atomic E-state index is 0. The molecular weight excluding hydrogens is 255 g/mol. The van der Waals surface area contributed by atoms with Crippen molar-refractivity contribution in [3.63, 3.8) is 0 Å². The van der Waals surface area contributed by atoms with E-state index in [4.69, 9.17) is 20.1 Å². The van der Waals surface area contributed by atoms with Gasteiger partial charge in [0.15, 0.2) is 8.32 Å². The molecule has 0 unspecified atom stereocenters. The fraction of sp³-hybridized carbons (Fsp3) is 1.00. The largest absolute Gasteiger partial charge is 0.433 e. The monoisotopic (exact) mass is 276 g/mol. The van der Waals surface area contributed by atoms with E-state index in [1.165, 1.54) is 0 Å². The topological polar surface area (TPSA) is 80.9 Å². The quantitative estimate of drug-likeness (QED) is 0.456. The predicted molar refractivity (Wildman–Crippen MR) is 50.0 cm³/mol. The van der Waals surface area contributed by atoms with E-state index in [-0.39, 0.29) is 26.2 Å². The third-order valence-corrected chi connectivity index (χ3v) is 0. The summed E-state index contributed by atoms with van der Waals surface area (Å²) in [4.78, 5) is 8.66. The standard InChI is InChI=1S/C3H10OSi.3CH4O.Zr/c1-5(2,3)4;3*1-2;/h4H,1-3H3;3*2H,1H3;. The summed E-state index contributed by atoms with van der Waals surface area (Å²) in [6, 6.07) is 0. The normalized spacial score (nSPS) is 6.50. The Hall–Kier alpha value is 0.940. The minimum atomic E-state index is -1.61. The average molecular weight is 278 g/mol. The first-order valence-corrected chi connectivity index (χ1v) is 6.51. The summed E-state index contributed by atoms with van der Waals surface area (Å²) in [5.41, 5.74) is 0. The Kier molecular flexibility index (Phi) is 72.4. The SMILES string of the molecule is CO.CO.CO.C[Si](C)(C)O.[Zr]. The molecule has 0 aliphatic carbocycles. The van der Waals surface area contributed by atoms with Crippen LogP contribution in [0.3, 0.4) is 0 Å². The molecule has 0 spiro atoms. The third-order valence-electron chi connectivity index (χ3n) is 0. The Balaban J connectivity index is -0.0000000203. The van der Waals surface area contributed by atoms with E-state index in [0.717, 1.165) is 21.3 Å². The van der Waals surface area contributed by atoms with Crippen molar-refractivity contribution in [2.75, 3.05) is 21.3 Å². The molecule has 0 aliphatic heterocycles. The zero-order chi connectivity index (χ0) is 10.5. The maximum Gasteiger partial charge on any atom is 0.179 e. The van der Waals surface area contributed by atoms with Crippen LogP contribution in [0.5, 0.6) is 0 Å². The summed E-state index contributed by atoms with van der Waals surface area (Å²) in [6.07, 6.45) is 0. The zero-order valence-electron chi connectivity index (χ0n) is 8.79. The van der Waals surface area contributed by atoms with Crippen LogP contribution in [-0.2, 0) is 26.2 Å². The van der Waals surface area contributed by atoms with Crippen LogP contribution in [0.25, 0.3) is 0 Å². The maximum atomic E-state index is 8.66. The van der Waals surface area contributed by atoms with Crippen LogP contribution in [-0.4, -0.2) is 49.8 Å². The second-order valence-corrected chi connectivity index (χ2v) is 6.51. The molecule has 0 aromatic carbocycles. The van der Waals surface area contributed by atoms with Gasteiger partial charge in [-0.25, -0.2) is 0 Å². The van der Waals surface area contributed by atoms with Gasteiger partial charge in [-0.3, -0.25) is 0 Å². The summed E-state index contributed by atoms with van der Waals surface area (Å²) in [5, 5.41) is 21.0. The van der Waals surface area contributed by atoms with E-state index >= 15 is 0 Å². The summed E-state index contributed by atoms with van der Waals surface area (Å²) in [5.74, 6) is 0. The van der Waals surface area contributed by atoms with Gasteiger partial charge in [-0.05, 0) is 19.6 Å². The fourth-order valence-corrected chi connectivity index (χ4v) is 0. The van der Waals surface area contributed by atoms with Crippen LogP contribution >= 0.6 is 0 Å². The molecule has 0 rings (SSSR count). The Morgan fingerprint density at radius 1 is 0.667 bits per heavy atom. The summed E-state index contributed by atoms with van der Waals surface area (Å²) < 4.78 is 0. The molecule has 0 bridgehead atoms. The number of hydrogen-bond donors (Lipinski definition) is 4. The van der Waals surface area contributed by atoms with Gasteiger partial charge in [0.25, 0.3) is 0 Å². The van der Waals surface area contributed by atoms with Crippen molar-refractivity contribution in [2.24, 2.45) is 0 Å². The molecule has 0 heterocycles. The van der Waals surface area contributed by atoms with Crippen molar-refractivity contribution >= 4 is 8.32 Å². The smallest absolute Gasteiger partial charge is 0.179 e. The molecule has 12 heavy (non-hydrogen) atoms. The molecule has 6 heteroatoms. The van der Waals surface area contributed by atoms with Gasteiger partial charge in [0, 0.05) is 47.5 Å². The number of aliphatic hydroxyl groups is 3. The van der Waals surface area contributed by atoms with Gasteiger partial charge in [-0.2, -0.15) is 0 Å². The Labute approximate surface area is 95.5 Å². The van der Waals surface area contributed by atoms with E-state index in [1.54, 1.807) is 0 Å². The van der Waals surface area contributed by atoms with Crippen molar-refractivity contribution in [1.82, 2.24) is 0 Å². The van der Waals surface area contributed by atoms with Gasteiger partial charge in [0.05, 0.1) is 0 Å². The number of hydrogen-bond acceptors (Lipinski definition) is 4. The molecule has 0 fully saturated rings. The summed E-state index contributed by atoms with van der Waals surface area (Å²) in [6.45, 7) is 5.65. The van der Waals surface area contributed by atoms with Gasteiger partial charge < -0.3 is 20.1 Å². The minimum Gasteiger partial charge on any atom is -0.433 e. The molecule has 0 atom stereocenters. The summed E-state index contributed by atoms with van der Waals surface area (Å²) in [7, 11) is 1.39. The Morgan fingerprint density at radius 2 is 0.667 bits per heavy atom. The molecule has 0 aliphatic rings. The molecule has 0 saturated heterocycles. The van der Waals surface area contributed by atoms with Crippen molar-refractivity contribution < 1.29 is 46.3 Å². The van der Waals surface area contributed by atoms with Gasteiger partial charge >= 0.3 is 0 Å². The van der Waals surface area contributed by atoms with Crippen LogP contribution in [0, 0.1) is 0 Å². The van der Waals surface area contributed by atoms with Crippen LogP contribution in [0.15, 0.2) is 0 Å². The third kappa shape index (κ3) is 1220. The maximum absolute atomic E-state index is 8.66. The van der Waals surface area contributed by atoms with Crippen LogP contribution < -0.4 is 0 Å². The van der Waals surface area contributed by atoms with Crippen molar-refractivity contribution in [3.05, 3.63) is 0 Å². The Bertz CT molecular complexity index is 35.0. The van der Waals surface area contributed by atoms with Gasteiger partial charge in [0.2, 0.25) is 0 Å².